The molecule has 0 unspecified atom stereocenters. The van der Waals surface area contributed by atoms with E-state index in [0.717, 1.165) is 5.69 Å². The van der Waals surface area contributed by atoms with Gasteiger partial charge in [-0.1, -0.05) is 37.6 Å². The molecule has 0 aliphatic carbocycles. The zero-order chi connectivity index (χ0) is 14.9. The van der Waals surface area contributed by atoms with Crippen LogP contribution in [0.2, 0.25) is 5.15 Å². The Morgan fingerprint density at radius 1 is 1.30 bits per heavy atom. The fourth-order valence-electron chi connectivity index (χ4n) is 1.76. The normalized spacial score (nSPS) is 10.8. The van der Waals surface area contributed by atoms with E-state index in [4.69, 9.17) is 11.6 Å². The molecule has 0 aliphatic rings. The van der Waals surface area contributed by atoms with Crippen LogP contribution in [0.4, 0.5) is 5.69 Å². The Labute approximate surface area is 129 Å². The number of hydrogen-bond donors (Lipinski definition) is 0. The molecule has 2 aromatic rings. The second kappa shape index (κ2) is 5.85. The quantitative estimate of drug-likeness (QED) is 0.458. The van der Waals surface area contributed by atoms with Gasteiger partial charge in [0.25, 0.3) is 5.69 Å². The first kappa shape index (κ1) is 14.9. The molecule has 1 aromatic carbocycles. The predicted octanol–water partition coefficient (Wildman–Crippen LogP) is 4.59. The lowest BCUT2D eigenvalue weighted by Crippen LogP contribution is -2.02. The van der Waals surface area contributed by atoms with E-state index < -0.39 is 4.92 Å². The lowest BCUT2D eigenvalue weighted by Gasteiger charge is -2.11. The van der Waals surface area contributed by atoms with Crippen LogP contribution >= 0.6 is 27.5 Å². The molecule has 1 aromatic heterocycles. The summed E-state index contributed by atoms with van der Waals surface area (Å²) in [6.07, 6.45) is 0. The molecule has 0 saturated carbocycles. The minimum Gasteiger partial charge on any atom is -0.258 e. The van der Waals surface area contributed by atoms with Crippen molar-refractivity contribution in [3.63, 3.8) is 0 Å². The van der Waals surface area contributed by atoms with Crippen LogP contribution in [0.15, 0.2) is 28.7 Å². The molecule has 5 nitrogen and oxygen atoms in total. The molecule has 0 fully saturated rings. The first-order chi connectivity index (χ1) is 9.41. The molecule has 0 N–H and O–H groups in total. The fourth-order valence-corrected chi connectivity index (χ4v) is 2.57. The van der Waals surface area contributed by atoms with Crippen molar-refractivity contribution in [1.82, 2.24) is 9.97 Å². The van der Waals surface area contributed by atoms with Gasteiger partial charge in [-0.2, -0.15) is 0 Å². The summed E-state index contributed by atoms with van der Waals surface area (Å²) in [5.74, 6) is 0.376. The number of para-hydroxylation sites is 1. The van der Waals surface area contributed by atoms with E-state index >= 15 is 0 Å². The number of nitro benzene ring substituents is 1. The van der Waals surface area contributed by atoms with Gasteiger partial charge in [-0.05, 0) is 27.9 Å². The Morgan fingerprint density at radius 3 is 2.55 bits per heavy atom. The number of benzene rings is 1. The molecule has 0 spiro atoms. The SMILES string of the molecule is CC(C)c1nc(-c2ccccc2[N+](=O)[O-])nc(Cl)c1Br. The van der Waals surface area contributed by atoms with Crippen molar-refractivity contribution in [3.05, 3.63) is 49.7 Å². The molecule has 0 radical (unpaired) electrons. The molecule has 104 valence electrons. The van der Waals surface area contributed by atoms with Crippen molar-refractivity contribution >= 4 is 33.2 Å². The largest absolute Gasteiger partial charge is 0.280 e. The average Bonchev–Trinajstić information content (AvgIpc) is 2.41. The van der Waals surface area contributed by atoms with Crippen LogP contribution < -0.4 is 0 Å². The number of nitrogens with zero attached hydrogens (tertiary/aromatic N) is 3. The minimum atomic E-state index is -0.455. The molecular formula is C13H11BrClN3O2. The highest BCUT2D eigenvalue weighted by atomic mass is 79.9. The molecule has 0 saturated heterocycles. The van der Waals surface area contributed by atoms with Crippen molar-refractivity contribution in [2.45, 2.75) is 19.8 Å². The molecule has 1 heterocycles. The Hall–Kier alpha value is -1.53. The summed E-state index contributed by atoms with van der Waals surface area (Å²) in [6.45, 7) is 3.93. The highest BCUT2D eigenvalue weighted by Crippen LogP contribution is 2.33. The van der Waals surface area contributed by atoms with Crippen LogP contribution in [-0.2, 0) is 0 Å². The van der Waals surface area contributed by atoms with Crippen molar-refractivity contribution in [3.8, 4) is 11.4 Å². The number of rotatable bonds is 3. The monoisotopic (exact) mass is 355 g/mol. The van der Waals surface area contributed by atoms with E-state index in [1.165, 1.54) is 6.07 Å². The van der Waals surface area contributed by atoms with Crippen molar-refractivity contribution in [2.24, 2.45) is 0 Å². The first-order valence-corrected chi connectivity index (χ1v) is 7.05. The molecule has 0 amide bonds. The van der Waals surface area contributed by atoms with Gasteiger partial charge in [0.15, 0.2) is 5.82 Å². The van der Waals surface area contributed by atoms with E-state index in [0.29, 0.717) is 10.0 Å². The van der Waals surface area contributed by atoms with E-state index in [2.05, 4.69) is 25.9 Å². The summed E-state index contributed by atoms with van der Waals surface area (Å²) >= 11 is 9.42. The summed E-state index contributed by atoms with van der Waals surface area (Å²) in [7, 11) is 0. The fraction of sp³-hybridized carbons (Fsp3) is 0.231. The standard InChI is InChI=1S/C13H11BrClN3O2/c1-7(2)11-10(14)12(15)17-13(16-11)8-5-3-4-6-9(8)18(19)20/h3-7H,1-2H3. The van der Waals surface area contributed by atoms with Crippen molar-refractivity contribution in [2.75, 3.05) is 0 Å². The summed E-state index contributed by atoms with van der Waals surface area (Å²) in [5, 5.41) is 11.3. The smallest absolute Gasteiger partial charge is 0.258 e. The van der Waals surface area contributed by atoms with Gasteiger partial charge in [-0.25, -0.2) is 9.97 Å². The second-order valence-corrected chi connectivity index (χ2v) is 5.62. The van der Waals surface area contributed by atoms with Gasteiger partial charge in [-0.3, -0.25) is 10.1 Å². The van der Waals surface area contributed by atoms with Crippen LogP contribution in [0.1, 0.15) is 25.5 Å². The number of halogens is 2. The highest BCUT2D eigenvalue weighted by molar-refractivity contribution is 9.10. The maximum Gasteiger partial charge on any atom is 0.280 e. The Kier molecular flexibility index (Phi) is 4.35. The van der Waals surface area contributed by atoms with Gasteiger partial charge in [0.05, 0.1) is 20.7 Å². The maximum atomic E-state index is 11.1. The predicted molar refractivity (Wildman–Crippen MR) is 80.9 cm³/mol. The molecule has 20 heavy (non-hydrogen) atoms. The lowest BCUT2D eigenvalue weighted by atomic mass is 10.1. The number of aromatic nitrogens is 2. The molecule has 0 aliphatic heterocycles. The van der Waals surface area contributed by atoms with Gasteiger partial charge in [-0.15, -0.1) is 0 Å². The van der Waals surface area contributed by atoms with E-state index in [1.807, 2.05) is 13.8 Å². The molecular weight excluding hydrogens is 346 g/mol. The Balaban J connectivity index is 2.68. The first-order valence-electron chi connectivity index (χ1n) is 5.88. The van der Waals surface area contributed by atoms with Crippen LogP contribution in [-0.4, -0.2) is 14.9 Å². The van der Waals surface area contributed by atoms with Crippen LogP contribution in [0, 0.1) is 10.1 Å². The maximum absolute atomic E-state index is 11.1. The van der Waals surface area contributed by atoms with E-state index in [9.17, 15) is 10.1 Å². The third-order valence-electron chi connectivity index (χ3n) is 2.72. The minimum absolute atomic E-state index is 0.0411. The Morgan fingerprint density at radius 2 is 1.95 bits per heavy atom. The van der Waals surface area contributed by atoms with Crippen LogP contribution in [0.5, 0.6) is 0 Å². The topological polar surface area (TPSA) is 68.9 Å². The third-order valence-corrected chi connectivity index (χ3v) is 4.01. The van der Waals surface area contributed by atoms with Gasteiger partial charge in [0.2, 0.25) is 0 Å². The zero-order valence-electron chi connectivity index (χ0n) is 10.8. The van der Waals surface area contributed by atoms with E-state index in [1.54, 1.807) is 18.2 Å². The molecule has 2 rings (SSSR count). The average molecular weight is 357 g/mol. The summed E-state index contributed by atoms with van der Waals surface area (Å²) in [4.78, 5) is 19.1. The highest BCUT2D eigenvalue weighted by Gasteiger charge is 2.20. The van der Waals surface area contributed by atoms with Gasteiger partial charge in [0, 0.05) is 6.07 Å². The summed E-state index contributed by atoms with van der Waals surface area (Å²) in [6, 6.07) is 6.34. The molecule has 0 bridgehead atoms. The Bertz CT molecular complexity index is 677. The zero-order valence-corrected chi connectivity index (χ0v) is 13.1. The van der Waals surface area contributed by atoms with Gasteiger partial charge >= 0.3 is 0 Å². The van der Waals surface area contributed by atoms with Crippen LogP contribution in [0.25, 0.3) is 11.4 Å². The van der Waals surface area contributed by atoms with Gasteiger partial charge < -0.3 is 0 Å². The van der Waals surface area contributed by atoms with Gasteiger partial charge in [0.1, 0.15) is 5.15 Å². The summed E-state index contributed by atoms with van der Waals surface area (Å²) in [5.41, 5.74) is 1.03. The second-order valence-electron chi connectivity index (χ2n) is 4.47. The summed E-state index contributed by atoms with van der Waals surface area (Å²) < 4.78 is 0.622. The number of hydrogen-bond acceptors (Lipinski definition) is 4. The molecule has 7 heteroatoms. The number of nitro groups is 1. The van der Waals surface area contributed by atoms with E-state index in [-0.39, 0.29) is 22.6 Å². The lowest BCUT2D eigenvalue weighted by molar-refractivity contribution is -0.384. The van der Waals surface area contributed by atoms with Crippen molar-refractivity contribution in [1.29, 1.82) is 0 Å². The van der Waals surface area contributed by atoms with Crippen molar-refractivity contribution < 1.29 is 4.92 Å². The third kappa shape index (κ3) is 2.81. The van der Waals surface area contributed by atoms with Crippen LogP contribution in [0.3, 0.4) is 0 Å². The molecule has 0 atom stereocenters.